The number of carbonyl (C=O) groups excluding carboxylic acids is 2. The highest BCUT2D eigenvalue weighted by atomic mass is 32.2. The third-order valence-electron chi connectivity index (χ3n) is 2.93. The van der Waals surface area contributed by atoms with E-state index in [0.29, 0.717) is 23.7 Å². The lowest BCUT2D eigenvalue weighted by Crippen LogP contribution is -2.33. The number of rotatable bonds is 4. The molecule has 2 atom stereocenters. The van der Waals surface area contributed by atoms with Crippen LogP contribution in [0, 0.1) is 0 Å². The number of nitrogens with zero attached hydrogens (tertiary/aromatic N) is 1. The quantitative estimate of drug-likeness (QED) is 0.895. The molecule has 2 amide bonds. The first-order valence-electron chi connectivity index (χ1n) is 6.13. The lowest BCUT2D eigenvalue weighted by atomic mass is 10.2. The fourth-order valence-corrected chi connectivity index (χ4v) is 2.43. The van der Waals surface area contributed by atoms with Crippen molar-refractivity contribution in [1.82, 2.24) is 5.32 Å². The van der Waals surface area contributed by atoms with Gasteiger partial charge in [0.2, 0.25) is 5.91 Å². The summed E-state index contributed by atoms with van der Waals surface area (Å²) < 4.78 is 16.5. The third-order valence-corrected chi connectivity index (χ3v) is 3.87. The number of amides is 2. The molecule has 0 bridgehead atoms. The average Bonchev–Trinajstić information content (AvgIpc) is 2.78. The fourth-order valence-electron chi connectivity index (χ4n) is 1.91. The highest BCUT2D eigenvalue weighted by molar-refractivity contribution is 7.84. The van der Waals surface area contributed by atoms with Crippen molar-refractivity contribution in [2.24, 2.45) is 0 Å². The van der Waals surface area contributed by atoms with Gasteiger partial charge in [0.25, 0.3) is 0 Å². The van der Waals surface area contributed by atoms with Gasteiger partial charge in [-0.1, -0.05) is 0 Å². The zero-order valence-corrected chi connectivity index (χ0v) is 12.1. The van der Waals surface area contributed by atoms with Crippen molar-refractivity contribution in [3.8, 4) is 0 Å². The van der Waals surface area contributed by atoms with Crippen molar-refractivity contribution in [3.63, 3.8) is 0 Å². The zero-order chi connectivity index (χ0) is 14.7. The van der Waals surface area contributed by atoms with Crippen molar-refractivity contribution in [3.05, 3.63) is 24.3 Å². The Morgan fingerprint density at radius 1 is 1.45 bits per heavy atom. The number of nitrogens with one attached hydrogen (secondary N) is 1. The molecule has 0 aromatic heterocycles. The van der Waals surface area contributed by atoms with Gasteiger partial charge >= 0.3 is 6.09 Å². The summed E-state index contributed by atoms with van der Waals surface area (Å²) in [6.45, 7) is 2.10. The first-order valence-corrected chi connectivity index (χ1v) is 7.69. The Hall–Kier alpha value is -1.89. The molecule has 1 saturated heterocycles. The summed E-state index contributed by atoms with van der Waals surface area (Å²) in [6.07, 6.45) is 0.805. The molecule has 6 nitrogen and oxygen atoms in total. The van der Waals surface area contributed by atoms with Gasteiger partial charge in [-0.3, -0.25) is 13.9 Å². The van der Waals surface area contributed by atoms with Crippen LogP contribution < -0.4 is 10.2 Å². The minimum atomic E-state index is -1.04. The van der Waals surface area contributed by atoms with E-state index in [1.165, 1.54) is 11.8 Å². The van der Waals surface area contributed by atoms with Crippen LogP contribution in [0.2, 0.25) is 0 Å². The molecular formula is C13H16N2O4S. The van der Waals surface area contributed by atoms with Crippen molar-refractivity contribution >= 4 is 28.5 Å². The molecule has 0 aliphatic carbocycles. The summed E-state index contributed by atoms with van der Waals surface area (Å²) >= 11 is 0. The lowest BCUT2D eigenvalue weighted by Gasteiger charge is -2.13. The molecule has 0 radical (unpaired) electrons. The van der Waals surface area contributed by atoms with Gasteiger partial charge in [0.05, 0.1) is 13.1 Å². The number of hydrogen-bond donors (Lipinski definition) is 1. The van der Waals surface area contributed by atoms with E-state index >= 15 is 0 Å². The maximum absolute atomic E-state index is 11.8. The van der Waals surface area contributed by atoms with Crippen LogP contribution in [0.5, 0.6) is 0 Å². The van der Waals surface area contributed by atoms with E-state index in [4.69, 9.17) is 4.74 Å². The van der Waals surface area contributed by atoms with Gasteiger partial charge < -0.3 is 10.1 Å². The molecule has 7 heteroatoms. The largest absolute Gasteiger partial charge is 0.442 e. The first-order chi connectivity index (χ1) is 9.47. The minimum absolute atomic E-state index is 0.158. The summed E-state index contributed by atoms with van der Waals surface area (Å²) in [5, 5.41) is 2.62. The zero-order valence-electron chi connectivity index (χ0n) is 11.3. The second-order valence-electron chi connectivity index (χ2n) is 4.50. The van der Waals surface area contributed by atoms with Gasteiger partial charge in [0.15, 0.2) is 0 Å². The molecule has 1 fully saturated rings. The summed E-state index contributed by atoms with van der Waals surface area (Å²) in [5.41, 5.74) is 0.689. The van der Waals surface area contributed by atoms with Gasteiger partial charge in [-0.25, -0.2) is 4.79 Å². The van der Waals surface area contributed by atoms with E-state index in [-0.39, 0.29) is 12.0 Å². The van der Waals surface area contributed by atoms with Crippen LogP contribution in [0.4, 0.5) is 10.5 Å². The number of benzene rings is 1. The van der Waals surface area contributed by atoms with E-state index in [2.05, 4.69) is 5.32 Å². The SMILES string of the molecule is CC(=O)NC[C@H]1CN(c2ccc([S@](C)=O)cc2)C(=O)O1. The normalized spacial score (nSPS) is 19.6. The van der Waals surface area contributed by atoms with E-state index in [9.17, 15) is 13.8 Å². The van der Waals surface area contributed by atoms with E-state index in [1.54, 1.807) is 30.5 Å². The summed E-state index contributed by atoms with van der Waals surface area (Å²) in [6, 6.07) is 6.91. The van der Waals surface area contributed by atoms with Crippen LogP contribution in [0.25, 0.3) is 0 Å². The maximum atomic E-state index is 11.8. The van der Waals surface area contributed by atoms with Gasteiger partial charge in [-0.2, -0.15) is 0 Å². The molecule has 1 aliphatic heterocycles. The number of ether oxygens (including phenoxy) is 1. The first kappa shape index (κ1) is 14.5. The van der Waals surface area contributed by atoms with E-state index < -0.39 is 16.9 Å². The van der Waals surface area contributed by atoms with Crippen molar-refractivity contribution in [2.75, 3.05) is 24.2 Å². The monoisotopic (exact) mass is 296 g/mol. The molecule has 1 aromatic carbocycles. The van der Waals surface area contributed by atoms with Gasteiger partial charge in [-0.15, -0.1) is 0 Å². The minimum Gasteiger partial charge on any atom is -0.442 e. The molecule has 0 unspecified atom stereocenters. The van der Waals surface area contributed by atoms with Crippen LogP contribution in [0.15, 0.2) is 29.2 Å². The molecule has 1 N–H and O–H groups in total. The molecular weight excluding hydrogens is 280 g/mol. The van der Waals surface area contributed by atoms with Gasteiger partial charge in [-0.05, 0) is 24.3 Å². The Kier molecular flexibility index (Phi) is 4.39. The Balaban J connectivity index is 2.03. The standard InChI is InChI=1S/C13H16N2O4S/c1-9(16)14-7-11-8-15(13(17)19-11)10-3-5-12(6-4-10)20(2)18/h3-6,11H,7-8H2,1-2H3,(H,14,16)/t11-,20-/m0/s1. The Bertz CT molecular complexity index is 544. The number of hydrogen-bond acceptors (Lipinski definition) is 4. The van der Waals surface area contributed by atoms with E-state index in [1.807, 2.05) is 0 Å². The highest BCUT2D eigenvalue weighted by Crippen LogP contribution is 2.22. The van der Waals surface area contributed by atoms with E-state index in [0.717, 1.165) is 0 Å². The fraction of sp³-hybridized carbons (Fsp3) is 0.385. The van der Waals surface area contributed by atoms with Crippen LogP contribution >= 0.6 is 0 Å². The molecule has 1 aromatic rings. The second kappa shape index (κ2) is 6.04. The summed E-state index contributed by atoms with van der Waals surface area (Å²) in [5.74, 6) is -0.158. The smallest absolute Gasteiger partial charge is 0.414 e. The van der Waals surface area contributed by atoms with Crippen LogP contribution in [-0.2, 0) is 20.3 Å². The number of carbonyl (C=O) groups is 2. The molecule has 20 heavy (non-hydrogen) atoms. The van der Waals surface area contributed by atoms with Crippen molar-refractivity contribution < 1.29 is 18.5 Å². The molecule has 0 spiro atoms. The predicted octanol–water partition coefficient (Wildman–Crippen LogP) is 0.885. The molecule has 108 valence electrons. The van der Waals surface area contributed by atoms with Crippen LogP contribution in [0.3, 0.4) is 0 Å². The van der Waals surface area contributed by atoms with Gasteiger partial charge in [0.1, 0.15) is 6.10 Å². The van der Waals surface area contributed by atoms with Crippen LogP contribution in [-0.4, -0.2) is 41.7 Å². The molecule has 1 heterocycles. The highest BCUT2D eigenvalue weighted by Gasteiger charge is 2.32. The summed E-state index contributed by atoms with van der Waals surface area (Å²) in [4.78, 5) is 24.8. The molecule has 1 aliphatic rings. The third kappa shape index (κ3) is 3.36. The van der Waals surface area contributed by atoms with Gasteiger partial charge in [0, 0.05) is 34.6 Å². The predicted molar refractivity (Wildman–Crippen MR) is 75.1 cm³/mol. The topological polar surface area (TPSA) is 75.7 Å². The molecule has 0 saturated carbocycles. The Morgan fingerprint density at radius 2 is 2.10 bits per heavy atom. The van der Waals surface area contributed by atoms with Crippen molar-refractivity contribution in [2.45, 2.75) is 17.9 Å². The lowest BCUT2D eigenvalue weighted by molar-refractivity contribution is -0.119. The van der Waals surface area contributed by atoms with Crippen LogP contribution in [0.1, 0.15) is 6.92 Å². The summed E-state index contributed by atoms with van der Waals surface area (Å²) in [7, 11) is -1.04. The number of cyclic esters (lactones) is 1. The maximum Gasteiger partial charge on any atom is 0.414 e. The second-order valence-corrected chi connectivity index (χ2v) is 5.88. The Morgan fingerprint density at radius 3 is 2.65 bits per heavy atom. The molecule has 2 rings (SSSR count). The number of anilines is 1. The average molecular weight is 296 g/mol. The Labute approximate surface area is 119 Å². The van der Waals surface area contributed by atoms with Crippen molar-refractivity contribution in [1.29, 1.82) is 0 Å².